The molecule has 2 heterocycles. The van der Waals surface area contributed by atoms with Gasteiger partial charge in [-0.25, -0.2) is 4.98 Å². The minimum Gasteiger partial charge on any atom is -0.302 e. The van der Waals surface area contributed by atoms with Gasteiger partial charge >= 0.3 is 0 Å². The Morgan fingerprint density at radius 1 is 1.20 bits per heavy atom. The van der Waals surface area contributed by atoms with Gasteiger partial charge in [-0.2, -0.15) is 0 Å². The highest BCUT2D eigenvalue weighted by Gasteiger charge is 2.21. The van der Waals surface area contributed by atoms with E-state index in [0.29, 0.717) is 12.0 Å². The topological polar surface area (TPSA) is 37.8 Å². The Morgan fingerprint density at radius 3 is 2.50 bits per heavy atom. The molecular formula is C16H23N3S. The van der Waals surface area contributed by atoms with Crippen molar-refractivity contribution in [3.63, 3.8) is 0 Å². The quantitative estimate of drug-likeness (QED) is 0.902. The number of hydrogen-bond acceptors (Lipinski definition) is 4. The van der Waals surface area contributed by atoms with E-state index in [4.69, 9.17) is 4.98 Å². The molecule has 1 atom stereocenters. The molecule has 2 rings (SSSR count). The molecule has 0 aliphatic heterocycles. The normalized spacial score (nSPS) is 13.2. The monoisotopic (exact) mass is 289 g/mol. The number of aryl methyl sites for hydroxylation is 1. The van der Waals surface area contributed by atoms with Crippen LogP contribution in [-0.2, 0) is 0 Å². The smallest absolute Gasteiger partial charge is 0.114 e. The second kappa shape index (κ2) is 6.46. The fourth-order valence-corrected chi connectivity index (χ4v) is 3.16. The van der Waals surface area contributed by atoms with Crippen LogP contribution in [0.25, 0.3) is 0 Å². The molecule has 0 saturated heterocycles. The first-order valence-corrected chi connectivity index (χ1v) is 7.99. The Morgan fingerprint density at radius 2 is 1.95 bits per heavy atom. The van der Waals surface area contributed by atoms with Crippen molar-refractivity contribution in [3.05, 3.63) is 45.7 Å². The molecule has 3 nitrogen and oxygen atoms in total. The maximum absolute atomic E-state index is 4.81. The number of pyridine rings is 1. The molecular weight excluding hydrogens is 266 g/mol. The van der Waals surface area contributed by atoms with Crippen LogP contribution >= 0.6 is 11.3 Å². The van der Waals surface area contributed by atoms with Crippen LogP contribution < -0.4 is 5.32 Å². The molecule has 1 unspecified atom stereocenters. The van der Waals surface area contributed by atoms with Crippen molar-refractivity contribution in [1.29, 1.82) is 0 Å². The third-order valence-electron chi connectivity index (χ3n) is 3.27. The first kappa shape index (κ1) is 15.1. The number of nitrogens with zero attached hydrogens (tertiary/aromatic N) is 2. The van der Waals surface area contributed by atoms with E-state index in [1.807, 2.05) is 12.4 Å². The largest absolute Gasteiger partial charge is 0.302 e. The lowest BCUT2D eigenvalue weighted by molar-refractivity contribution is 0.523. The summed E-state index contributed by atoms with van der Waals surface area (Å²) in [6.45, 7) is 10.8. The summed E-state index contributed by atoms with van der Waals surface area (Å²) in [6.07, 6.45) is 3.79. The van der Waals surface area contributed by atoms with E-state index in [1.54, 1.807) is 11.3 Å². The van der Waals surface area contributed by atoms with Crippen LogP contribution in [-0.4, -0.2) is 16.0 Å². The zero-order chi connectivity index (χ0) is 14.7. The Hall–Kier alpha value is -1.26. The van der Waals surface area contributed by atoms with Crippen molar-refractivity contribution in [1.82, 2.24) is 15.3 Å². The first-order valence-electron chi connectivity index (χ1n) is 7.11. The third kappa shape index (κ3) is 3.44. The highest BCUT2D eigenvalue weighted by atomic mass is 32.1. The molecule has 20 heavy (non-hydrogen) atoms. The Balaban J connectivity index is 2.39. The van der Waals surface area contributed by atoms with Crippen molar-refractivity contribution >= 4 is 11.3 Å². The van der Waals surface area contributed by atoms with Crippen LogP contribution in [0.2, 0.25) is 0 Å². The van der Waals surface area contributed by atoms with Crippen LogP contribution in [0.5, 0.6) is 0 Å². The summed E-state index contributed by atoms with van der Waals surface area (Å²) >= 11 is 1.73. The Bertz CT molecular complexity index is 560. The zero-order valence-corrected chi connectivity index (χ0v) is 13.7. The molecule has 0 saturated carbocycles. The van der Waals surface area contributed by atoms with Crippen molar-refractivity contribution in [3.8, 4) is 0 Å². The molecule has 0 bridgehead atoms. The van der Waals surface area contributed by atoms with Gasteiger partial charge < -0.3 is 5.32 Å². The minimum absolute atomic E-state index is 0.126. The van der Waals surface area contributed by atoms with Crippen LogP contribution in [0.15, 0.2) is 23.8 Å². The Labute approximate surface area is 125 Å². The highest BCUT2D eigenvalue weighted by Crippen LogP contribution is 2.29. The van der Waals surface area contributed by atoms with Gasteiger partial charge in [-0.1, -0.05) is 13.8 Å². The lowest BCUT2D eigenvalue weighted by Crippen LogP contribution is -2.29. The maximum Gasteiger partial charge on any atom is 0.114 e. The maximum atomic E-state index is 4.81. The van der Waals surface area contributed by atoms with E-state index in [9.17, 15) is 0 Å². The number of hydrogen-bond donors (Lipinski definition) is 1. The van der Waals surface area contributed by atoms with E-state index in [2.05, 4.69) is 56.4 Å². The van der Waals surface area contributed by atoms with Gasteiger partial charge in [-0.3, -0.25) is 4.98 Å². The summed E-state index contributed by atoms with van der Waals surface area (Å²) in [7, 11) is 0. The van der Waals surface area contributed by atoms with E-state index in [0.717, 1.165) is 5.01 Å². The lowest BCUT2D eigenvalue weighted by Gasteiger charge is -2.21. The predicted molar refractivity (Wildman–Crippen MR) is 85.3 cm³/mol. The van der Waals surface area contributed by atoms with Gasteiger partial charge in [-0.15, -0.1) is 11.3 Å². The van der Waals surface area contributed by atoms with E-state index >= 15 is 0 Å². The van der Waals surface area contributed by atoms with Crippen LogP contribution in [0.3, 0.4) is 0 Å². The standard InChI is InChI=1S/C16H23N3S/c1-10(2)14-9-20-16(19-14)15(18-11(3)4)13-8-17-7-6-12(13)5/h6-11,15,18H,1-5H3. The van der Waals surface area contributed by atoms with Crippen LogP contribution in [0, 0.1) is 6.92 Å². The fraction of sp³-hybridized carbons (Fsp3) is 0.500. The van der Waals surface area contributed by atoms with Crippen molar-refractivity contribution in [2.45, 2.75) is 52.6 Å². The molecule has 0 radical (unpaired) electrons. The highest BCUT2D eigenvalue weighted by molar-refractivity contribution is 7.09. The van der Waals surface area contributed by atoms with E-state index in [1.165, 1.54) is 16.8 Å². The summed E-state index contributed by atoms with van der Waals surface area (Å²) in [5, 5.41) is 6.90. The second-order valence-corrected chi connectivity index (χ2v) is 6.64. The van der Waals surface area contributed by atoms with Crippen LogP contribution in [0.1, 0.15) is 61.5 Å². The molecule has 2 aromatic heterocycles. The van der Waals surface area contributed by atoms with Gasteiger partial charge in [0.2, 0.25) is 0 Å². The van der Waals surface area contributed by atoms with Crippen molar-refractivity contribution in [2.24, 2.45) is 0 Å². The molecule has 108 valence electrons. The Kier molecular flexibility index (Phi) is 4.89. The molecule has 0 fully saturated rings. The van der Waals surface area contributed by atoms with Gasteiger partial charge in [0.05, 0.1) is 11.7 Å². The second-order valence-electron chi connectivity index (χ2n) is 5.75. The SMILES string of the molecule is Cc1ccncc1C(NC(C)C)c1nc(C(C)C)cs1. The first-order chi connectivity index (χ1) is 9.49. The van der Waals surface area contributed by atoms with Gasteiger partial charge in [0.15, 0.2) is 0 Å². The van der Waals surface area contributed by atoms with Crippen molar-refractivity contribution < 1.29 is 0 Å². The minimum atomic E-state index is 0.126. The fourth-order valence-electron chi connectivity index (χ4n) is 2.10. The molecule has 0 aliphatic carbocycles. The number of rotatable bonds is 5. The van der Waals surface area contributed by atoms with Gasteiger partial charge in [0, 0.05) is 23.8 Å². The summed E-state index contributed by atoms with van der Waals surface area (Å²) in [4.78, 5) is 9.09. The molecule has 0 spiro atoms. The molecule has 4 heteroatoms. The molecule has 0 aromatic carbocycles. The van der Waals surface area contributed by atoms with E-state index < -0.39 is 0 Å². The lowest BCUT2D eigenvalue weighted by atomic mass is 10.0. The zero-order valence-electron chi connectivity index (χ0n) is 12.8. The number of aromatic nitrogens is 2. The summed E-state index contributed by atoms with van der Waals surface area (Å²) in [5.74, 6) is 0.467. The summed E-state index contributed by atoms with van der Waals surface area (Å²) in [5.41, 5.74) is 3.63. The average molecular weight is 289 g/mol. The number of thiazole rings is 1. The molecule has 0 aliphatic rings. The van der Waals surface area contributed by atoms with E-state index in [-0.39, 0.29) is 6.04 Å². The predicted octanol–water partition coefficient (Wildman–Crippen LogP) is 4.06. The van der Waals surface area contributed by atoms with Crippen LogP contribution in [0.4, 0.5) is 0 Å². The summed E-state index contributed by atoms with van der Waals surface area (Å²) < 4.78 is 0. The average Bonchev–Trinajstić information content (AvgIpc) is 2.86. The molecule has 0 amide bonds. The molecule has 1 N–H and O–H groups in total. The molecule has 2 aromatic rings. The summed E-state index contributed by atoms with van der Waals surface area (Å²) in [6, 6.07) is 2.58. The van der Waals surface area contributed by atoms with Gasteiger partial charge in [0.1, 0.15) is 5.01 Å². The van der Waals surface area contributed by atoms with Gasteiger partial charge in [0.25, 0.3) is 0 Å². The van der Waals surface area contributed by atoms with Crippen molar-refractivity contribution in [2.75, 3.05) is 0 Å². The number of nitrogens with one attached hydrogen (secondary N) is 1. The third-order valence-corrected chi connectivity index (χ3v) is 4.20. The van der Waals surface area contributed by atoms with Gasteiger partial charge in [-0.05, 0) is 43.9 Å².